The summed E-state index contributed by atoms with van der Waals surface area (Å²) >= 11 is 0. The van der Waals surface area contributed by atoms with Gasteiger partial charge in [0, 0.05) is 44.7 Å². The average molecular weight is 463 g/mol. The molecule has 0 radical (unpaired) electrons. The highest BCUT2D eigenvalue weighted by molar-refractivity contribution is 5.89. The van der Waals surface area contributed by atoms with E-state index < -0.39 is 6.04 Å². The number of benzene rings is 2. The molecule has 1 aliphatic carbocycles. The highest BCUT2D eigenvalue weighted by Gasteiger charge is 2.42. The van der Waals surface area contributed by atoms with Gasteiger partial charge in [-0.05, 0) is 55.7 Å². The number of hydrogen-bond donors (Lipinski definition) is 2. The van der Waals surface area contributed by atoms with E-state index in [1.165, 1.54) is 16.7 Å². The maximum Gasteiger partial charge on any atom is 0.242 e. The molecule has 2 fully saturated rings. The lowest BCUT2D eigenvalue weighted by molar-refractivity contribution is -0.144. The molecule has 1 aliphatic heterocycles. The van der Waals surface area contributed by atoms with E-state index in [-0.39, 0.29) is 23.8 Å². The Bertz CT molecular complexity index is 960. The van der Waals surface area contributed by atoms with Crippen LogP contribution in [0.25, 0.3) is 0 Å². The quantitative estimate of drug-likeness (QED) is 0.569. The monoisotopic (exact) mass is 462 g/mol. The van der Waals surface area contributed by atoms with Gasteiger partial charge in [-0.2, -0.15) is 0 Å². The SMILES string of the molecule is Cc1ccccc1CN(CCc1ccccc1)C1CCN(C(=O)C2CC2)[C@@H](C(=O)NCCN)C1. The lowest BCUT2D eigenvalue weighted by Gasteiger charge is -2.43. The summed E-state index contributed by atoms with van der Waals surface area (Å²) in [6.45, 7) is 5.39. The normalized spacial score (nSPS) is 20.4. The van der Waals surface area contributed by atoms with Crippen molar-refractivity contribution >= 4 is 11.8 Å². The Morgan fingerprint density at radius 3 is 2.50 bits per heavy atom. The number of carbonyl (C=O) groups excluding carboxylic acids is 2. The van der Waals surface area contributed by atoms with Gasteiger partial charge in [-0.25, -0.2) is 0 Å². The van der Waals surface area contributed by atoms with Crippen molar-refractivity contribution in [2.75, 3.05) is 26.2 Å². The maximum absolute atomic E-state index is 13.1. The van der Waals surface area contributed by atoms with Crippen LogP contribution in [0.5, 0.6) is 0 Å². The zero-order chi connectivity index (χ0) is 23.9. The summed E-state index contributed by atoms with van der Waals surface area (Å²) < 4.78 is 0. The van der Waals surface area contributed by atoms with E-state index in [1.807, 2.05) is 11.0 Å². The van der Waals surface area contributed by atoms with Gasteiger partial charge in [0.15, 0.2) is 0 Å². The number of hydrogen-bond acceptors (Lipinski definition) is 4. The second kappa shape index (κ2) is 11.6. The van der Waals surface area contributed by atoms with Crippen molar-refractivity contribution in [2.24, 2.45) is 11.7 Å². The first-order chi connectivity index (χ1) is 16.6. The van der Waals surface area contributed by atoms with Crippen LogP contribution in [0.1, 0.15) is 42.4 Å². The fraction of sp³-hybridized carbons (Fsp3) is 0.500. The zero-order valence-corrected chi connectivity index (χ0v) is 20.3. The number of nitrogens with zero attached hydrogens (tertiary/aromatic N) is 2. The summed E-state index contributed by atoms with van der Waals surface area (Å²) in [5, 5.41) is 2.95. The molecule has 6 nitrogen and oxygen atoms in total. The van der Waals surface area contributed by atoms with Gasteiger partial charge in [-0.1, -0.05) is 54.6 Å². The van der Waals surface area contributed by atoms with E-state index >= 15 is 0 Å². The minimum absolute atomic E-state index is 0.0666. The molecular weight excluding hydrogens is 424 g/mol. The van der Waals surface area contributed by atoms with Crippen LogP contribution in [-0.2, 0) is 22.6 Å². The van der Waals surface area contributed by atoms with Crippen LogP contribution in [0.3, 0.4) is 0 Å². The van der Waals surface area contributed by atoms with E-state index in [0.717, 1.165) is 38.8 Å². The van der Waals surface area contributed by atoms with Crippen molar-refractivity contribution in [3.63, 3.8) is 0 Å². The fourth-order valence-electron chi connectivity index (χ4n) is 4.98. The van der Waals surface area contributed by atoms with E-state index in [0.29, 0.717) is 26.1 Å². The molecule has 182 valence electrons. The third-order valence-corrected chi connectivity index (χ3v) is 7.21. The smallest absolute Gasteiger partial charge is 0.242 e. The third-order valence-electron chi connectivity index (χ3n) is 7.21. The van der Waals surface area contributed by atoms with Gasteiger partial charge in [-0.3, -0.25) is 14.5 Å². The van der Waals surface area contributed by atoms with Gasteiger partial charge in [0.05, 0.1) is 0 Å². The molecule has 4 rings (SSSR count). The molecule has 34 heavy (non-hydrogen) atoms. The Morgan fingerprint density at radius 2 is 1.79 bits per heavy atom. The topological polar surface area (TPSA) is 78.7 Å². The highest BCUT2D eigenvalue weighted by atomic mass is 16.2. The Hall–Kier alpha value is -2.70. The lowest BCUT2D eigenvalue weighted by atomic mass is 9.93. The van der Waals surface area contributed by atoms with Gasteiger partial charge < -0.3 is 16.0 Å². The number of amides is 2. The number of carbonyl (C=O) groups is 2. The number of nitrogens with two attached hydrogens (primary N) is 1. The highest BCUT2D eigenvalue weighted by Crippen LogP contribution is 2.34. The molecule has 3 N–H and O–H groups in total. The third kappa shape index (κ3) is 6.24. The molecule has 2 aromatic carbocycles. The van der Waals surface area contributed by atoms with Gasteiger partial charge in [0.25, 0.3) is 0 Å². The van der Waals surface area contributed by atoms with Gasteiger partial charge in [0.1, 0.15) is 6.04 Å². The molecule has 2 aromatic rings. The van der Waals surface area contributed by atoms with Crippen molar-refractivity contribution in [1.29, 1.82) is 0 Å². The van der Waals surface area contributed by atoms with Crippen LogP contribution in [0.15, 0.2) is 54.6 Å². The molecule has 6 heteroatoms. The molecule has 2 atom stereocenters. The Labute approximate surface area is 203 Å². The summed E-state index contributed by atoms with van der Waals surface area (Å²) in [4.78, 5) is 30.5. The van der Waals surface area contributed by atoms with Crippen LogP contribution in [0, 0.1) is 12.8 Å². The summed E-state index contributed by atoms with van der Waals surface area (Å²) in [6, 6.07) is 18.9. The summed E-state index contributed by atoms with van der Waals surface area (Å²) in [5.41, 5.74) is 9.54. The van der Waals surface area contributed by atoms with Gasteiger partial charge in [0.2, 0.25) is 11.8 Å². The van der Waals surface area contributed by atoms with Gasteiger partial charge >= 0.3 is 0 Å². The first-order valence-corrected chi connectivity index (χ1v) is 12.7. The molecule has 2 amide bonds. The van der Waals surface area contributed by atoms with E-state index in [4.69, 9.17) is 5.73 Å². The second-order valence-electron chi connectivity index (χ2n) is 9.71. The summed E-state index contributed by atoms with van der Waals surface area (Å²) in [7, 11) is 0. The maximum atomic E-state index is 13.1. The number of rotatable bonds is 10. The van der Waals surface area contributed by atoms with Crippen molar-refractivity contribution in [2.45, 2.75) is 57.7 Å². The summed E-state index contributed by atoms with van der Waals surface area (Å²) in [6.07, 6.45) is 4.41. The number of likely N-dealkylation sites (tertiary alicyclic amines) is 1. The Kier molecular flexibility index (Phi) is 8.35. The average Bonchev–Trinajstić information content (AvgIpc) is 3.72. The molecule has 1 unspecified atom stereocenters. The lowest BCUT2D eigenvalue weighted by Crippen LogP contribution is -2.58. The van der Waals surface area contributed by atoms with Crippen LogP contribution < -0.4 is 11.1 Å². The molecule has 0 bridgehead atoms. The van der Waals surface area contributed by atoms with Crippen LogP contribution in [0.2, 0.25) is 0 Å². The molecule has 0 aromatic heterocycles. The molecule has 2 aliphatic rings. The Morgan fingerprint density at radius 1 is 1.06 bits per heavy atom. The molecule has 1 saturated heterocycles. The second-order valence-corrected chi connectivity index (χ2v) is 9.71. The number of piperidine rings is 1. The van der Waals surface area contributed by atoms with E-state index in [2.05, 4.69) is 65.7 Å². The minimum atomic E-state index is -0.422. The molecular formula is C28H38N4O2. The predicted molar refractivity (Wildman–Crippen MR) is 135 cm³/mol. The van der Waals surface area contributed by atoms with Crippen molar-refractivity contribution in [3.8, 4) is 0 Å². The number of aryl methyl sites for hydroxylation is 1. The van der Waals surface area contributed by atoms with Crippen LogP contribution in [0.4, 0.5) is 0 Å². The van der Waals surface area contributed by atoms with Gasteiger partial charge in [-0.15, -0.1) is 0 Å². The summed E-state index contributed by atoms with van der Waals surface area (Å²) in [5.74, 6) is 0.201. The Balaban J connectivity index is 1.52. The predicted octanol–water partition coefficient (Wildman–Crippen LogP) is 2.88. The van der Waals surface area contributed by atoms with Crippen molar-refractivity contribution < 1.29 is 9.59 Å². The zero-order valence-electron chi connectivity index (χ0n) is 20.3. The minimum Gasteiger partial charge on any atom is -0.353 e. The fourth-order valence-corrected chi connectivity index (χ4v) is 4.98. The van der Waals surface area contributed by atoms with Crippen LogP contribution in [-0.4, -0.2) is 59.9 Å². The number of nitrogens with one attached hydrogen (secondary N) is 1. The largest absolute Gasteiger partial charge is 0.353 e. The standard InChI is InChI=1S/C28H38N4O2/c1-21-7-5-6-10-24(21)20-31(17-13-22-8-3-2-4-9-22)25-14-18-32(28(34)23-11-12-23)26(19-25)27(33)30-16-15-29/h2-10,23,25-26H,11-20,29H2,1H3,(H,30,33)/t25?,26-/m1/s1. The van der Waals surface area contributed by atoms with E-state index in [9.17, 15) is 9.59 Å². The molecule has 0 spiro atoms. The molecule has 1 saturated carbocycles. The van der Waals surface area contributed by atoms with Crippen molar-refractivity contribution in [1.82, 2.24) is 15.1 Å². The first-order valence-electron chi connectivity index (χ1n) is 12.7. The molecule has 1 heterocycles. The van der Waals surface area contributed by atoms with Crippen LogP contribution >= 0.6 is 0 Å². The van der Waals surface area contributed by atoms with Crippen molar-refractivity contribution in [3.05, 3.63) is 71.3 Å². The first kappa shape index (κ1) is 24.4. The van der Waals surface area contributed by atoms with E-state index in [1.54, 1.807) is 0 Å².